The van der Waals surface area contributed by atoms with Gasteiger partial charge in [0.25, 0.3) is 0 Å². The lowest BCUT2D eigenvalue weighted by Gasteiger charge is -2.14. The average molecular weight is 262 g/mol. The summed E-state index contributed by atoms with van der Waals surface area (Å²) in [5, 5.41) is 8.65. The van der Waals surface area contributed by atoms with Gasteiger partial charge in [-0.05, 0) is 30.5 Å². The second-order valence-electron chi connectivity index (χ2n) is 4.03. The van der Waals surface area contributed by atoms with Crippen LogP contribution in [0.5, 0.6) is 5.75 Å². The topological polar surface area (TPSA) is 46.5 Å². The van der Waals surface area contributed by atoms with Crippen LogP contribution < -0.4 is 4.74 Å². The lowest BCUT2D eigenvalue weighted by atomic mass is 10.0. The van der Waals surface area contributed by atoms with Crippen LogP contribution in [0.15, 0.2) is 12.1 Å². The van der Waals surface area contributed by atoms with Gasteiger partial charge >= 0.3 is 12.1 Å². The van der Waals surface area contributed by atoms with Gasteiger partial charge in [-0.15, -0.1) is 0 Å². The van der Waals surface area contributed by atoms with E-state index in [2.05, 4.69) is 0 Å². The average Bonchev–Trinajstić information content (AvgIpc) is 2.12. The minimum Gasteiger partial charge on any atom is -0.484 e. The smallest absolute Gasteiger partial charge is 0.422 e. The molecule has 18 heavy (non-hydrogen) atoms. The van der Waals surface area contributed by atoms with Crippen molar-refractivity contribution in [1.82, 2.24) is 0 Å². The molecule has 0 bridgehead atoms. The van der Waals surface area contributed by atoms with Crippen LogP contribution in [0.3, 0.4) is 0 Å². The first-order chi connectivity index (χ1) is 8.19. The van der Waals surface area contributed by atoms with Gasteiger partial charge in [-0.3, -0.25) is 4.79 Å². The summed E-state index contributed by atoms with van der Waals surface area (Å²) < 4.78 is 40.9. The minimum absolute atomic E-state index is 0.154. The highest BCUT2D eigenvalue weighted by Gasteiger charge is 2.29. The number of aliphatic carboxylic acids is 1. The molecule has 0 aliphatic carbocycles. The van der Waals surface area contributed by atoms with E-state index in [4.69, 9.17) is 9.84 Å². The summed E-state index contributed by atoms with van der Waals surface area (Å²) in [6.45, 7) is 1.82. The second-order valence-corrected chi connectivity index (χ2v) is 4.03. The van der Waals surface area contributed by atoms with Crippen molar-refractivity contribution in [3.63, 3.8) is 0 Å². The van der Waals surface area contributed by atoms with Crippen molar-refractivity contribution in [2.45, 2.75) is 26.4 Å². The van der Waals surface area contributed by atoms with Crippen molar-refractivity contribution in [2.24, 2.45) is 0 Å². The van der Waals surface area contributed by atoms with E-state index in [1.165, 1.54) is 12.1 Å². The summed E-state index contributed by atoms with van der Waals surface area (Å²) in [5.74, 6) is -0.834. The Labute approximate surface area is 102 Å². The molecule has 0 amide bonds. The minimum atomic E-state index is -4.39. The summed E-state index contributed by atoms with van der Waals surface area (Å²) in [6.07, 6.45) is -4.56. The predicted octanol–water partition coefficient (Wildman–Crippen LogP) is 2.87. The van der Waals surface area contributed by atoms with E-state index in [-0.39, 0.29) is 12.2 Å². The molecule has 0 aliphatic rings. The zero-order chi connectivity index (χ0) is 13.9. The highest BCUT2D eigenvalue weighted by atomic mass is 19.4. The number of hydrogen-bond acceptors (Lipinski definition) is 2. The summed E-state index contributed by atoms with van der Waals surface area (Å²) in [4.78, 5) is 10.6. The van der Waals surface area contributed by atoms with Gasteiger partial charge < -0.3 is 9.84 Å². The Bertz CT molecular complexity index is 429. The van der Waals surface area contributed by atoms with Crippen LogP contribution in [0.25, 0.3) is 0 Å². The van der Waals surface area contributed by atoms with E-state index in [9.17, 15) is 18.0 Å². The molecule has 0 radical (unpaired) electrons. The SMILES string of the molecule is Cc1cc(CC(=O)O)cc(C)c1OCC(F)(F)F. The van der Waals surface area contributed by atoms with Gasteiger partial charge in [0.15, 0.2) is 6.61 Å². The van der Waals surface area contributed by atoms with Gasteiger partial charge in [0, 0.05) is 0 Å². The van der Waals surface area contributed by atoms with E-state index < -0.39 is 18.8 Å². The predicted molar refractivity (Wildman–Crippen MR) is 58.8 cm³/mol. The number of carboxylic acids is 1. The molecule has 1 aromatic carbocycles. The Balaban J connectivity index is 2.91. The maximum absolute atomic E-state index is 12.1. The first-order valence-electron chi connectivity index (χ1n) is 5.20. The van der Waals surface area contributed by atoms with E-state index in [1.54, 1.807) is 13.8 Å². The Morgan fingerprint density at radius 3 is 2.17 bits per heavy atom. The molecule has 1 aromatic rings. The zero-order valence-corrected chi connectivity index (χ0v) is 9.97. The first-order valence-corrected chi connectivity index (χ1v) is 5.20. The monoisotopic (exact) mass is 262 g/mol. The summed E-state index contributed by atoms with van der Waals surface area (Å²) in [6, 6.07) is 3.04. The number of carbonyl (C=O) groups is 1. The number of hydrogen-bond donors (Lipinski definition) is 1. The van der Waals surface area contributed by atoms with E-state index >= 15 is 0 Å². The highest BCUT2D eigenvalue weighted by molar-refractivity contribution is 5.70. The fraction of sp³-hybridized carbons (Fsp3) is 0.417. The number of alkyl halides is 3. The molecular formula is C12H13F3O3. The van der Waals surface area contributed by atoms with E-state index in [1.807, 2.05) is 0 Å². The van der Waals surface area contributed by atoms with Crippen molar-refractivity contribution < 1.29 is 27.8 Å². The summed E-state index contributed by atoms with van der Waals surface area (Å²) in [7, 11) is 0. The van der Waals surface area contributed by atoms with Gasteiger partial charge in [0.2, 0.25) is 0 Å². The lowest BCUT2D eigenvalue weighted by Crippen LogP contribution is -2.20. The maximum Gasteiger partial charge on any atom is 0.422 e. The van der Waals surface area contributed by atoms with Crippen molar-refractivity contribution in [3.05, 3.63) is 28.8 Å². The number of carboxylic acid groups (broad SMARTS) is 1. The molecule has 0 atom stereocenters. The quantitative estimate of drug-likeness (QED) is 0.907. The third-order valence-corrected chi connectivity index (χ3v) is 2.26. The van der Waals surface area contributed by atoms with E-state index in [0.29, 0.717) is 16.7 Å². The van der Waals surface area contributed by atoms with Crippen LogP contribution in [-0.2, 0) is 11.2 Å². The molecule has 1 N–H and O–H groups in total. The van der Waals surface area contributed by atoms with E-state index in [0.717, 1.165) is 0 Å². The van der Waals surface area contributed by atoms with Crippen molar-refractivity contribution >= 4 is 5.97 Å². The summed E-state index contributed by atoms with van der Waals surface area (Å²) >= 11 is 0. The largest absolute Gasteiger partial charge is 0.484 e. The fourth-order valence-corrected chi connectivity index (χ4v) is 1.70. The summed E-state index contributed by atoms with van der Waals surface area (Å²) in [5.41, 5.74) is 1.53. The molecule has 0 fully saturated rings. The molecule has 3 nitrogen and oxygen atoms in total. The van der Waals surface area contributed by atoms with Crippen LogP contribution >= 0.6 is 0 Å². The molecular weight excluding hydrogens is 249 g/mol. The molecule has 0 heterocycles. The molecule has 0 spiro atoms. The number of aryl methyl sites for hydroxylation is 2. The van der Waals surface area contributed by atoms with Gasteiger partial charge in [-0.2, -0.15) is 13.2 Å². The first kappa shape index (κ1) is 14.3. The number of halogens is 3. The Hall–Kier alpha value is -1.72. The third-order valence-electron chi connectivity index (χ3n) is 2.26. The maximum atomic E-state index is 12.1. The Morgan fingerprint density at radius 1 is 1.28 bits per heavy atom. The third kappa shape index (κ3) is 4.27. The molecule has 0 aromatic heterocycles. The van der Waals surface area contributed by atoms with Crippen LogP contribution in [0.1, 0.15) is 16.7 Å². The normalized spacial score (nSPS) is 11.4. The van der Waals surface area contributed by atoms with Gasteiger partial charge in [0.05, 0.1) is 6.42 Å². The van der Waals surface area contributed by atoms with Gasteiger partial charge in [-0.1, -0.05) is 12.1 Å². The van der Waals surface area contributed by atoms with Gasteiger partial charge in [0.1, 0.15) is 5.75 Å². The number of rotatable bonds is 4. The highest BCUT2D eigenvalue weighted by Crippen LogP contribution is 2.27. The molecule has 0 unspecified atom stereocenters. The van der Waals surface area contributed by atoms with Crippen LogP contribution in [0.4, 0.5) is 13.2 Å². The molecule has 0 saturated carbocycles. The van der Waals surface area contributed by atoms with Crippen LogP contribution in [0.2, 0.25) is 0 Å². The lowest BCUT2D eigenvalue weighted by molar-refractivity contribution is -0.153. The van der Waals surface area contributed by atoms with Gasteiger partial charge in [-0.25, -0.2) is 0 Å². The van der Waals surface area contributed by atoms with Crippen molar-refractivity contribution in [3.8, 4) is 5.75 Å². The Kier molecular flexibility index (Phi) is 4.21. The van der Waals surface area contributed by atoms with Crippen molar-refractivity contribution in [2.75, 3.05) is 6.61 Å². The molecule has 100 valence electrons. The number of benzene rings is 1. The zero-order valence-electron chi connectivity index (χ0n) is 9.97. The molecule has 0 saturated heterocycles. The fourth-order valence-electron chi connectivity index (χ4n) is 1.70. The van der Waals surface area contributed by atoms with Crippen LogP contribution in [-0.4, -0.2) is 23.9 Å². The Morgan fingerprint density at radius 2 is 1.78 bits per heavy atom. The van der Waals surface area contributed by atoms with Crippen LogP contribution in [0, 0.1) is 13.8 Å². The number of ether oxygens (including phenoxy) is 1. The molecule has 1 rings (SSSR count). The van der Waals surface area contributed by atoms with Crippen molar-refractivity contribution in [1.29, 1.82) is 0 Å². The molecule has 0 aliphatic heterocycles. The standard InChI is InChI=1S/C12H13F3O3/c1-7-3-9(5-10(16)17)4-8(2)11(7)18-6-12(13,14)15/h3-4H,5-6H2,1-2H3,(H,16,17). The molecule has 6 heteroatoms. The second kappa shape index (κ2) is 5.29.